The fourth-order valence-corrected chi connectivity index (χ4v) is 12.9. The second-order valence-electron chi connectivity index (χ2n) is 27.6. The second kappa shape index (κ2) is 66.0. The first-order valence-electron chi connectivity index (χ1n) is 38.5. The van der Waals surface area contributed by atoms with Gasteiger partial charge in [-0.3, -0.25) is 37.3 Å². The second-order valence-corrected chi connectivity index (χ2v) is 30.5. The van der Waals surface area contributed by atoms with Crippen LogP contribution in [-0.4, -0.2) is 96.7 Å². The van der Waals surface area contributed by atoms with Gasteiger partial charge in [0.1, 0.15) is 19.3 Å². The fourth-order valence-electron chi connectivity index (χ4n) is 11.3. The molecule has 0 heterocycles. The number of hydrogen-bond donors (Lipinski definition) is 3. The maximum atomic E-state index is 13.1. The van der Waals surface area contributed by atoms with Crippen LogP contribution < -0.4 is 0 Å². The molecular weight excluding hydrogens is 1220 g/mol. The van der Waals surface area contributed by atoms with Crippen molar-refractivity contribution in [1.29, 1.82) is 0 Å². The Morgan fingerprint density at radius 1 is 0.290 bits per heavy atom. The molecule has 17 nitrogen and oxygen atoms in total. The molecule has 0 amide bonds. The average Bonchev–Trinajstić information content (AvgIpc) is 2.27. The highest BCUT2D eigenvalue weighted by Gasteiger charge is 2.30. The van der Waals surface area contributed by atoms with Gasteiger partial charge in [0.05, 0.1) is 26.4 Å². The lowest BCUT2D eigenvalue weighted by atomic mass is 10.0. The van der Waals surface area contributed by atoms with Gasteiger partial charge in [0.2, 0.25) is 0 Å². The minimum absolute atomic E-state index is 0.104. The van der Waals surface area contributed by atoms with Gasteiger partial charge in [-0.15, -0.1) is 0 Å². The molecule has 0 saturated carbocycles. The molecule has 0 spiro atoms. The summed E-state index contributed by atoms with van der Waals surface area (Å²) in [7, 11) is -9.90. The summed E-state index contributed by atoms with van der Waals surface area (Å²) in [6, 6.07) is 0. The number of rotatable bonds is 73. The van der Waals surface area contributed by atoms with Crippen LogP contribution in [0.5, 0.6) is 0 Å². The third-order valence-corrected chi connectivity index (χ3v) is 19.1. The van der Waals surface area contributed by atoms with Crippen molar-refractivity contribution >= 4 is 39.5 Å². The predicted molar refractivity (Wildman–Crippen MR) is 377 cm³/mol. The maximum Gasteiger partial charge on any atom is 0.472 e. The van der Waals surface area contributed by atoms with Crippen LogP contribution in [0.25, 0.3) is 0 Å². The molecule has 5 atom stereocenters. The first-order valence-corrected chi connectivity index (χ1v) is 41.5. The summed E-state index contributed by atoms with van der Waals surface area (Å²) in [6.07, 6.45) is 53.0. The monoisotopic (exact) mass is 1370 g/mol. The van der Waals surface area contributed by atoms with Gasteiger partial charge >= 0.3 is 39.5 Å². The summed E-state index contributed by atoms with van der Waals surface area (Å²) >= 11 is 0. The molecule has 19 heteroatoms. The van der Waals surface area contributed by atoms with E-state index in [0.29, 0.717) is 25.7 Å². The number of aliphatic hydroxyl groups is 1. The van der Waals surface area contributed by atoms with Gasteiger partial charge in [-0.2, -0.15) is 0 Å². The van der Waals surface area contributed by atoms with Gasteiger partial charge in [-0.05, 0) is 37.5 Å². The molecule has 0 aliphatic carbocycles. The molecule has 2 unspecified atom stereocenters. The van der Waals surface area contributed by atoms with Crippen molar-refractivity contribution < 1.29 is 80.2 Å². The molecule has 0 aromatic carbocycles. The highest BCUT2D eigenvalue weighted by Crippen LogP contribution is 2.45. The molecule has 93 heavy (non-hydrogen) atoms. The average molecular weight is 1370 g/mol. The lowest BCUT2D eigenvalue weighted by molar-refractivity contribution is -0.161. The van der Waals surface area contributed by atoms with Gasteiger partial charge < -0.3 is 33.8 Å². The molecule has 0 aliphatic rings. The molecular formula is C74H144O17P2. The van der Waals surface area contributed by atoms with Crippen LogP contribution in [0, 0.1) is 11.8 Å². The Hall–Kier alpha value is -1.94. The van der Waals surface area contributed by atoms with Crippen molar-refractivity contribution in [2.45, 2.75) is 400 Å². The molecule has 0 rings (SSSR count). The van der Waals surface area contributed by atoms with E-state index in [1.807, 2.05) is 0 Å². The Balaban J connectivity index is 5.17. The Morgan fingerprint density at radius 3 is 0.731 bits per heavy atom. The zero-order chi connectivity index (χ0) is 68.6. The number of ether oxygens (including phenoxy) is 4. The Bertz CT molecular complexity index is 1800. The van der Waals surface area contributed by atoms with Crippen molar-refractivity contribution in [2.24, 2.45) is 11.8 Å². The summed E-state index contributed by atoms with van der Waals surface area (Å²) in [4.78, 5) is 72.5. The zero-order valence-electron chi connectivity index (χ0n) is 60.6. The van der Waals surface area contributed by atoms with Crippen molar-refractivity contribution in [2.75, 3.05) is 39.6 Å². The lowest BCUT2D eigenvalue weighted by Crippen LogP contribution is -2.30. The Labute approximate surface area is 568 Å². The van der Waals surface area contributed by atoms with Crippen LogP contribution in [0.1, 0.15) is 382 Å². The number of hydrogen-bond acceptors (Lipinski definition) is 15. The maximum absolute atomic E-state index is 13.1. The number of esters is 4. The van der Waals surface area contributed by atoms with Crippen molar-refractivity contribution in [1.82, 2.24) is 0 Å². The predicted octanol–water partition coefficient (Wildman–Crippen LogP) is 21.6. The van der Waals surface area contributed by atoms with Gasteiger partial charge in [0, 0.05) is 25.7 Å². The molecule has 0 aromatic heterocycles. The summed E-state index contributed by atoms with van der Waals surface area (Å²) in [5.74, 6) is -0.625. The van der Waals surface area contributed by atoms with Crippen molar-refractivity contribution in [3.05, 3.63) is 0 Å². The quantitative estimate of drug-likeness (QED) is 0.0222. The van der Waals surface area contributed by atoms with E-state index in [0.717, 1.165) is 115 Å². The summed E-state index contributed by atoms with van der Waals surface area (Å²) in [5.41, 5.74) is 0. The smallest absolute Gasteiger partial charge is 0.462 e. The zero-order valence-corrected chi connectivity index (χ0v) is 62.3. The van der Waals surface area contributed by atoms with E-state index >= 15 is 0 Å². The van der Waals surface area contributed by atoms with Crippen molar-refractivity contribution in [3.63, 3.8) is 0 Å². The molecule has 0 bridgehead atoms. The number of unbranched alkanes of at least 4 members (excludes halogenated alkanes) is 43. The highest BCUT2D eigenvalue weighted by atomic mass is 31.2. The van der Waals surface area contributed by atoms with Gasteiger partial charge in [-0.25, -0.2) is 9.13 Å². The number of aliphatic hydroxyl groups excluding tert-OH is 1. The van der Waals surface area contributed by atoms with Gasteiger partial charge in [0.25, 0.3) is 0 Å². The molecule has 0 radical (unpaired) electrons. The number of carbonyl (C=O) groups excluding carboxylic acids is 4. The topological polar surface area (TPSA) is 237 Å². The first kappa shape index (κ1) is 91.1. The minimum atomic E-state index is -4.95. The minimum Gasteiger partial charge on any atom is -0.462 e. The van der Waals surface area contributed by atoms with E-state index < -0.39 is 97.5 Å². The van der Waals surface area contributed by atoms with Crippen LogP contribution in [-0.2, 0) is 65.4 Å². The normalized spacial score (nSPS) is 14.1. The molecule has 3 N–H and O–H groups in total. The number of carbonyl (C=O) groups is 4. The standard InChI is InChI=1S/C74H144O17P2/c1-7-9-11-13-15-16-17-18-19-20-21-22-23-24-25-30-33-40-46-52-58-73(78)90-70(63-85-72(77)57-51-45-39-32-29-27-26-28-31-37-42-48-54-66(3)4)65-89-93(82,83)87-61-68(75)60-86-92(80,81)88-64-69(62-84-71(76)56-50-44-36-14-12-10-8-2)91-74(79)59-53-47-41-35-34-38-43-49-55-67(5)6/h66-70,75H,7-65H2,1-6H3,(H,80,81)(H,82,83)/t68-,69+,70+/m0/s1. The third-order valence-electron chi connectivity index (χ3n) is 17.2. The van der Waals surface area contributed by atoms with Crippen molar-refractivity contribution in [3.8, 4) is 0 Å². The van der Waals surface area contributed by atoms with E-state index in [2.05, 4.69) is 41.5 Å². The summed E-state index contributed by atoms with van der Waals surface area (Å²) in [6.45, 7) is 9.51. The molecule has 0 fully saturated rings. The number of phosphoric acid groups is 2. The van der Waals surface area contributed by atoms with E-state index in [1.54, 1.807) is 0 Å². The van der Waals surface area contributed by atoms with Crippen LogP contribution >= 0.6 is 15.6 Å². The molecule has 0 aliphatic heterocycles. The van der Waals surface area contributed by atoms with E-state index in [-0.39, 0.29) is 25.7 Å². The lowest BCUT2D eigenvalue weighted by Gasteiger charge is -2.21. The Morgan fingerprint density at radius 2 is 0.495 bits per heavy atom. The van der Waals surface area contributed by atoms with Gasteiger partial charge in [-0.1, -0.05) is 330 Å². The van der Waals surface area contributed by atoms with E-state index in [4.69, 9.17) is 37.0 Å². The molecule has 552 valence electrons. The first-order chi connectivity index (χ1) is 44.9. The Kier molecular flexibility index (Phi) is 64.6. The summed E-state index contributed by atoms with van der Waals surface area (Å²) < 4.78 is 68.3. The van der Waals surface area contributed by atoms with Crippen LogP contribution in [0.4, 0.5) is 0 Å². The van der Waals surface area contributed by atoms with Gasteiger partial charge in [0.15, 0.2) is 12.2 Å². The number of phosphoric ester groups is 2. The van der Waals surface area contributed by atoms with Crippen LogP contribution in [0.15, 0.2) is 0 Å². The van der Waals surface area contributed by atoms with Crippen LogP contribution in [0.3, 0.4) is 0 Å². The van der Waals surface area contributed by atoms with E-state index in [9.17, 15) is 43.2 Å². The SMILES string of the molecule is CCCCCCCCCCCCCCCCCCCCCCC(=O)O[C@H](COC(=O)CCCCCCCCCCCCCCC(C)C)COP(=O)(O)OC[C@@H](O)COP(=O)(O)OC[C@@H](COC(=O)CCCCCCCCC)OC(=O)CCCCCCCCCCC(C)C. The molecule has 0 aromatic rings. The highest BCUT2D eigenvalue weighted by molar-refractivity contribution is 7.47. The van der Waals surface area contributed by atoms with Crippen LogP contribution in [0.2, 0.25) is 0 Å². The fraction of sp³-hybridized carbons (Fsp3) is 0.946. The third kappa shape index (κ3) is 68.4. The summed E-state index contributed by atoms with van der Waals surface area (Å²) in [5, 5.41) is 10.6. The largest absolute Gasteiger partial charge is 0.472 e. The van der Waals surface area contributed by atoms with E-state index in [1.165, 1.54) is 186 Å². The molecule has 0 saturated heterocycles.